The fourth-order valence-corrected chi connectivity index (χ4v) is 5.16. The second-order valence-electron chi connectivity index (χ2n) is 8.55. The first-order chi connectivity index (χ1) is 16.2. The predicted octanol–water partition coefficient (Wildman–Crippen LogP) is 1.83. The largest absolute Gasteiger partial charge is 0.475 e. The molecule has 0 spiro atoms. The van der Waals surface area contributed by atoms with Crippen LogP contribution in [-0.2, 0) is 20.3 Å². The highest BCUT2D eigenvalue weighted by atomic mass is 32.2. The van der Waals surface area contributed by atoms with Crippen molar-refractivity contribution in [1.82, 2.24) is 29.7 Å². The Bertz CT molecular complexity index is 1240. The maximum atomic E-state index is 13.6. The van der Waals surface area contributed by atoms with Crippen LogP contribution in [0.4, 0.5) is 0 Å². The van der Waals surface area contributed by atoms with Gasteiger partial charge in [-0.2, -0.15) is 0 Å². The van der Waals surface area contributed by atoms with Gasteiger partial charge in [0.25, 0.3) is 0 Å². The molecular formula is C22H28N6O5S. The van der Waals surface area contributed by atoms with Crippen molar-refractivity contribution in [3.8, 4) is 17.3 Å². The Kier molecular flexibility index (Phi) is 6.91. The van der Waals surface area contributed by atoms with Gasteiger partial charge in [0.15, 0.2) is 21.5 Å². The monoisotopic (exact) mass is 488 g/mol. The van der Waals surface area contributed by atoms with Crippen molar-refractivity contribution < 1.29 is 23.0 Å². The zero-order valence-corrected chi connectivity index (χ0v) is 20.3. The van der Waals surface area contributed by atoms with E-state index in [9.17, 15) is 13.5 Å². The zero-order valence-electron chi connectivity index (χ0n) is 19.5. The van der Waals surface area contributed by atoms with Crippen molar-refractivity contribution in [3.05, 3.63) is 47.9 Å². The number of nitrogens with zero attached hydrogens (tertiary/aromatic N) is 6. The second-order valence-corrected chi connectivity index (χ2v) is 10.9. The lowest BCUT2D eigenvalue weighted by Crippen LogP contribution is -2.32. The summed E-state index contributed by atoms with van der Waals surface area (Å²) in [6, 6.07) is 2.93. The molecule has 3 aromatic heterocycles. The Hall–Kier alpha value is -2.96. The molecule has 182 valence electrons. The number of rotatable bonds is 8. The van der Waals surface area contributed by atoms with Gasteiger partial charge in [-0.3, -0.25) is 0 Å². The van der Waals surface area contributed by atoms with E-state index in [1.165, 1.54) is 0 Å². The van der Waals surface area contributed by atoms with Gasteiger partial charge in [-0.25, -0.2) is 23.4 Å². The molecule has 34 heavy (non-hydrogen) atoms. The van der Waals surface area contributed by atoms with E-state index in [1.54, 1.807) is 42.2 Å². The summed E-state index contributed by atoms with van der Waals surface area (Å²) in [4.78, 5) is 12.8. The molecule has 0 radical (unpaired) electrons. The van der Waals surface area contributed by atoms with Crippen LogP contribution in [0.2, 0.25) is 0 Å². The van der Waals surface area contributed by atoms with Gasteiger partial charge in [-0.1, -0.05) is 0 Å². The maximum Gasteiger partial charge on any atom is 0.224 e. The average molecular weight is 489 g/mol. The molecule has 4 heterocycles. The number of ether oxygens (including phenoxy) is 2. The van der Waals surface area contributed by atoms with Crippen molar-refractivity contribution in [2.75, 3.05) is 13.2 Å². The molecule has 0 saturated carbocycles. The van der Waals surface area contributed by atoms with Crippen LogP contribution in [0, 0.1) is 6.92 Å². The number of aromatic nitrogens is 6. The van der Waals surface area contributed by atoms with Crippen LogP contribution in [-0.4, -0.2) is 67.8 Å². The molecule has 0 fully saturated rings. The number of fused-ring (bicyclic) bond motifs is 3. The second kappa shape index (κ2) is 9.72. The van der Waals surface area contributed by atoms with Crippen molar-refractivity contribution in [2.45, 2.75) is 56.9 Å². The third-order valence-corrected chi connectivity index (χ3v) is 7.60. The topological polar surface area (TPSA) is 142 Å². The summed E-state index contributed by atoms with van der Waals surface area (Å²) in [5.74, 6) is 0.856. The van der Waals surface area contributed by atoms with Crippen molar-refractivity contribution in [2.24, 2.45) is 0 Å². The number of pyridine rings is 1. The summed E-state index contributed by atoms with van der Waals surface area (Å²) < 4.78 is 40.4. The standard InChI is InChI=1S/C22H28N6O5S/c1-13(2)33-19(20-24-8-14(3)9-25-20)15(4)34(30,31)12-18-26-27-21-17-6-5-7-23-22(17)32-11-16(10-29)28(18)21/h5-9,13,15-16,19,29H,10-12H2,1-4H3/t15-,16+,19+/m0/s1. The zero-order chi connectivity index (χ0) is 24.5. The van der Waals surface area contributed by atoms with Gasteiger partial charge >= 0.3 is 0 Å². The molecule has 1 N–H and O–H groups in total. The van der Waals surface area contributed by atoms with Crippen LogP contribution in [0.15, 0.2) is 30.7 Å². The van der Waals surface area contributed by atoms with Crippen molar-refractivity contribution >= 4 is 9.84 Å². The molecule has 0 aromatic carbocycles. The van der Waals surface area contributed by atoms with E-state index < -0.39 is 33.0 Å². The smallest absolute Gasteiger partial charge is 0.224 e. The number of sulfone groups is 1. The molecule has 1 aliphatic rings. The molecule has 0 amide bonds. The van der Waals surface area contributed by atoms with Crippen LogP contribution < -0.4 is 4.74 Å². The minimum absolute atomic E-state index is 0.102. The lowest BCUT2D eigenvalue weighted by atomic mass is 10.2. The van der Waals surface area contributed by atoms with E-state index in [0.717, 1.165) is 5.56 Å². The van der Waals surface area contributed by atoms with Gasteiger partial charge in [-0.15, -0.1) is 10.2 Å². The first kappa shape index (κ1) is 24.2. The van der Waals surface area contributed by atoms with Crippen LogP contribution in [0.3, 0.4) is 0 Å². The predicted molar refractivity (Wildman–Crippen MR) is 123 cm³/mol. The Morgan fingerprint density at radius 1 is 1.21 bits per heavy atom. The lowest BCUT2D eigenvalue weighted by molar-refractivity contribution is 0.00140. The van der Waals surface area contributed by atoms with Gasteiger partial charge in [0.2, 0.25) is 5.88 Å². The molecule has 3 aromatic rings. The van der Waals surface area contributed by atoms with E-state index in [4.69, 9.17) is 9.47 Å². The normalized spacial score (nSPS) is 17.4. The number of hydrogen-bond donors (Lipinski definition) is 1. The summed E-state index contributed by atoms with van der Waals surface area (Å²) in [6.07, 6.45) is 3.76. The van der Waals surface area contributed by atoms with E-state index in [2.05, 4.69) is 25.1 Å². The summed E-state index contributed by atoms with van der Waals surface area (Å²) in [6.45, 7) is 6.92. The first-order valence-electron chi connectivity index (χ1n) is 11.0. The molecule has 0 aliphatic carbocycles. The van der Waals surface area contributed by atoms with Crippen LogP contribution in [0.1, 0.15) is 50.1 Å². The van der Waals surface area contributed by atoms with Gasteiger partial charge in [0.05, 0.1) is 29.6 Å². The van der Waals surface area contributed by atoms with E-state index in [0.29, 0.717) is 23.1 Å². The Morgan fingerprint density at radius 2 is 1.94 bits per heavy atom. The van der Waals surface area contributed by atoms with Gasteiger partial charge in [0, 0.05) is 18.6 Å². The quantitative estimate of drug-likeness (QED) is 0.499. The third-order valence-electron chi connectivity index (χ3n) is 5.56. The summed E-state index contributed by atoms with van der Waals surface area (Å²) in [5, 5.41) is 17.4. The summed E-state index contributed by atoms with van der Waals surface area (Å²) in [5.41, 5.74) is 1.44. The molecule has 11 nitrogen and oxygen atoms in total. The Balaban J connectivity index is 1.69. The Morgan fingerprint density at radius 3 is 2.62 bits per heavy atom. The molecule has 0 unspecified atom stereocenters. The van der Waals surface area contributed by atoms with Crippen molar-refractivity contribution in [3.63, 3.8) is 0 Å². The number of aliphatic hydroxyl groups is 1. The van der Waals surface area contributed by atoms with Crippen LogP contribution >= 0.6 is 0 Å². The maximum absolute atomic E-state index is 13.6. The van der Waals surface area contributed by atoms with Crippen LogP contribution in [0.25, 0.3) is 11.4 Å². The molecule has 0 bridgehead atoms. The van der Waals surface area contributed by atoms with E-state index >= 15 is 0 Å². The van der Waals surface area contributed by atoms with E-state index in [1.807, 2.05) is 20.8 Å². The van der Waals surface area contributed by atoms with Gasteiger partial charge in [0.1, 0.15) is 24.3 Å². The highest BCUT2D eigenvalue weighted by Crippen LogP contribution is 2.34. The minimum Gasteiger partial charge on any atom is -0.475 e. The number of hydrogen-bond acceptors (Lipinski definition) is 10. The molecule has 3 atom stereocenters. The third kappa shape index (κ3) is 4.79. The fraction of sp³-hybridized carbons (Fsp3) is 0.500. The van der Waals surface area contributed by atoms with Crippen molar-refractivity contribution in [1.29, 1.82) is 0 Å². The molecular weight excluding hydrogens is 460 g/mol. The molecule has 0 saturated heterocycles. The van der Waals surface area contributed by atoms with Gasteiger partial charge < -0.3 is 19.1 Å². The number of aryl methyl sites for hydroxylation is 1. The SMILES string of the molecule is Cc1cnc([C@H](OC(C)C)[C@H](C)S(=O)(=O)Cc2nnc3n2[C@H](CO)COc2ncccc2-3)nc1. The van der Waals surface area contributed by atoms with E-state index in [-0.39, 0.29) is 25.1 Å². The minimum atomic E-state index is -3.81. The average Bonchev–Trinajstić information content (AvgIpc) is 3.12. The van der Waals surface area contributed by atoms with Gasteiger partial charge in [-0.05, 0) is 45.4 Å². The fourth-order valence-electron chi connectivity index (χ4n) is 3.77. The Labute approximate surface area is 198 Å². The lowest BCUT2D eigenvalue weighted by Gasteiger charge is -2.25. The summed E-state index contributed by atoms with van der Waals surface area (Å²) in [7, 11) is -3.81. The molecule has 12 heteroatoms. The molecule has 1 aliphatic heterocycles. The van der Waals surface area contributed by atoms with Crippen LogP contribution in [0.5, 0.6) is 5.88 Å². The summed E-state index contributed by atoms with van der Waals surface area (Å²) >= 11 is 0. The highest BCUT2D eigenvalue weighted by Gasteiger charge is 2.37. The first-order valence-corrected chi connectivity index (χ1v) is 12.7. The number of aliphatic hydroxyl groups excluding tert-OH is 1. The highest BCUT2D eigenvalue weighted by molar-refractivity contribution is 7.91. The molecule has 4 rings (SSSR count).